The van der Waals surface area contributed by atoms with E-state index in [4.69, 9.17) is 11.6 Å². The van der Waals surface area contributed by atoms with Crippen molar-refractivity contribution in [2.75, 3.05) is 7.05 Å². The number of aryl methyl sites for hydroxylation is 1. The van der Waals surface area contributed by atoms with Gasteiger partial charge in [-0.15, -0.1) is 22.7 Å². The van der Waals surface area contributed by atoms with E-state index in [1.807, 2.05) is 23.8 Å². The van der Waals surface area contributed by atoms with Gasteiger partial charge in [0.1, 0.15) is 4.88 Å². The van der Waals surface area contributed by atoms with Crippen LogP contribution in [0.25, 0.3) is 0 Å². The van der Waals surface area contributed by atoms with Crippen molar-refractivity contribution < 1.29 is 4.79 Å². The minimum absolute atomic E-state index is 0.0274. The van der Waals surface area contributed by atoms with Crippen LogP contribution in [0.5, 0.6) is 0 Å². The number of hydrogen-bond acceptors (Lipinski definition) is 3. The lowest BCUT2D eigenvalue weighted by molar-refractivity contribution is 0.0790. The maximum absolute atomic E-state index is 12.2. The van der Waals surface area contributed by atoms with Crippen LogP contribution in [0, 0.1) is 6.92 Å². The molecule has 0 aliphatic rings. The molecule has 0 bridgehead atoms. The van der Waals surface area contributed by atoms with Crippen molar-refractivity contribution in [1.82, 2.24) is 4.90 Å². The summed E-state index contributed by atoms with van der Waals surface area (Å²) in [5.74, 6) is -0.0274. The minimum atomic E-state index is -0.0274. The molecule has 0 fully saturated rings. The lowest BCUT2D eigenvalue weighted by atomic mass is 10.3. The molecule has 0 saturated heterocycles. The van der Waals surface area contributed by atoms with E-state index in [2.05, 4.69) is 15.9 Å². The van der Waals surface area contributed by atoms with Crippen molar-refractivity contribution >= 4 is 56.1 Å². The summed E-state index contributed by atoms with van der Waals surface area (Å²) < 4.78 is 1.07. The van der Waals surface area contributed by atoms with Gasteiger partial charge in [0, 0.05) is 13.6 Å². The highest BCUT2D eigenvalue weighted by atomic mass is 79.9. The first-order valence-corrected chi connectivity index (χ1v) is 8.14. The maximum atomic E-state index is 12.2. The molecule has 0 spiro atoms. The molecule has 1 amide bonds. The van der Waals surface area contributed by atoms with Crippen molar-refractivity contribution in [3.8, 4) is 0 Å². The first-order chi connectivity index (χ1) is 8.49. The zero-order valence-electron chi connectivity index (χ0n) is 9.87. The second-order valence-electron chi connectivity index (χ2n) is 3.98. The average Bonchev–Trinajstić information content (AvgIpc) is 2.87. The predicted octanol–water partition coefficient (Wildman–Crippen LogP) is 4.81. The molecule has 2 rings (SSSR count). The molecule has 2 aromatic heterocycles. The van der Waals surface area contributed by atoms with Crippen LogP contribution in [-0.4, -0.2) is 17.9 Å². The zero-order chi connectivity index (χ0) is 13.3. The van der Waals surface area contributed by atoms with Crippen LogP contribution in [0.3, 0.4) is 0 Å². The van der Waals surface area contributed by atoms with Crippen LogP contribution in [0.2, 0.25) is 5.02 Å². The number of thiophene rings is 2. The third kappa shape index (κ3) is 2.96. The lowest BCUT2D eigenvalue weighted by Crippen LogP contribution is -2.25. The molecule has 6 heteroatoms. The third-order valence-electron chi connectivity index (χ3n) is 2.48. The van der Waals surface area contributed by atoms with Gasteiger partial charge in [-0.2, -0.15) is 0 Å². The van der Waals surface area contributed by atoms with Gasteiger partial charge in [0.25, 0.3) is 5.91 Å². The number of halogens is 2. The monoisotopic (exact) mass is 363 g/mol. The molecule has 0 radical (unpaired) electrons. The van der Waals surface area contributed by atoms with E-state index < -0.39 is 0 Å². The Kier molecular flexibility index (Phi) is 4.48. The van der Waals surface area contributed by atoms with Gasteiger partial charge < -0.3 is 4.90 Å². The standard InChI is InChI=1S/C12H11BrClNOS2/c1-7-5-18-11(10(7)14)12(16)15(2)4-8-3-9(13)17-6-8/h3,5-6H,4H2,1-2H3. The Morgan fingerprint density at radius 1 is 1.44 bits per heavy atom. The molecule has 0 aliphatic heterocycles. The van der Waals surface area contributed by atoms with Crippen molar-refractivity contribution in [2.24, 2.45) is 0 Å². The number of nitrogens with zero attached hydrogens (tertiary/aromatic N) is 1. The van der Waals surface area contributed by atoms with Gasteiger partial charge >= 0.3 is 0 Å². The Hall–Kier alpha value is -0.360. The van der Waals surface area contributed by atoms with Gasteiger partial charge in [-0.3, -0.25) is 4.79 Å². The fraction of sp³-hybridized carbons (Fsp3) is 0.250. The number of rotatable bonds is 3. The maximum Gasteiger partial charge on any atom is 0.265 e. The number of carbonyl (C=O) groups excluding carboxylic acids is 1. The molecule has 18 heavy (non-hydrogen) atoms. The highest BCUT2D eigenvalue weighted by molar-refractivity contribution is 9.11. The second kappa shape index (κ2) is 5.74. The fourth-order valence-electron chi connectivity index (χ4n) is 1.52. The summed E-state index contributed by atoms with van der Waals surface area (Å²) >= 11 is 12.5. The van der Waals surface area contributed by atoms with Gasteiger partial charge in [0.15, 0.2) is 0 Å². The summed E-state index contributed by atoms with van der Waals surface area (Å²) in [6.45, 7) is 2.50. The number of carbonyl (C=O) groups is 1. The Bertz CT molecular complexity index is 578. The number of amides is 1. The molecule has 0 saturated carbocycles. The lowest BCUT2D eigenvalue weighted by Gasteiger charge is -2.15. The molecule has 2 aromatic rings. The third-order valence-corrected chi connectivity index (χ3v) is 5.72. The van der Waals surface area contributed by atoms with Gasteiger partial charge in [-0.1, -0.05) is 11.6 Å². The van der Waals surface area contributed by atoms with Gasteiger partial charge in [0.2, 0.25) is 0 Å². The smallest absolute Gasteiger partial charge is 0.265 e. The highest BCUT2D eigenvalue weighted by Gasteiger charge is 2.18. The summed E-state index contributed by atoms with van der Waals surface area (Å²) in [7, 11) is 1.79. The normalized spacial score (nSPS) is 10.7. The molecule has 2 nitrogen and oxygen atoms in total. The number of hydrogen-bond donors (Lipinski definition) is 0. The highest BCUT2D eigenvalue weighted by Crippen LogP contribution is 2.29. The van der Waals surface area contributed by atoms with Crippen LogP contribution in [0.1, 0.15) is 20.8 Å². The van der Waals surface area contributed by atoms with E-state index in [0.29, 0.717) is 16.4 Å². The summed E-state index contributed by atoms with van der Waals surface area (Å²) in [5, 5.41) is 4.52. The second-order valence-corrected chi connectivity index (χ2v) is 7.53. The molecule has 0 atom stereocenters. The average molecular weight is 365 g/mol. The van der Waals surface area contributed by atoms with Crippen molar-refractivity contribution in [1.29, 1.82) is 0 Å². The van der Waals surface area contributed by atoms with Crippen molar-refractivity contribution in [2.45, 2.75) is 13.5 Å². The summed E-state index contributed by atoms with van der Waals surface area (Å²) in [6.07, 6.45) is 0. The van der Waals surface area contributed by atoms with E-state index in [0.717, 1.165) is 14.9 Å². The summed E-state index contributed by atoms with van der Waals surface area (Å²) in [4.78, 5) is 14.5. The Balaban J connectivity index is 2.12. The Morgan fingerprint density at radius 3 is 2.67 bits per heavy atom. The molecule has 2 heterocycles. The molecular weight excluding hydrogens is 354 g/mol. The Morgan fingerprint density at radius 2 is 2.17 bits per heavy atom. The van der Waals surface area contributed by atoms with Crippen LogP contribution in [0.15, 0.2) is 20.6 Å². The van der Waals surface area contributed by atoms with Gasteiger partial charge in [-0.05, 0) is 50.8 Å². The van der Waals surface area contributed by atoms with E-state index in [1.54, 1.807) is 23.3 Å². The largest absolute Gasteiger partial charge is 0.337 e. The summed E-state index contributed by atoms with van der Waals surface area (Å²) in [6, 6.07) is 2.02. The van der Waals surface area contributed by atoms with E-state index in [1.165, 1.54) is 11.3 Å². The quantitative estimate of drug-likeness (QED) is 0.765. The SMILES string of the molecule is Cc1csc(C(=O)N(C)Cc2csc(Br)c2)c1Cl. The van der Waals surface area contributed by atoms with E-state index >= 15 is 0 Å². The Labute approximate surface area is 127 Å². The van der Waals surface area contributed by atoms with Crippen LogP contribution < -0.4 is 0 Å². The van der Waals surface area contributed by atoms with Crippen LogP contribution in [0.4, 0.5) is 0 Å². The molecule has 0 aliphatic carbocycles. The molecule has 0 aromatic carbocycles. The first-order valence-electron chi connectivity index (χ1n) is 5.21. The zero-order valence-corrected chi connectivity index (χ0v) is 13.8. The molecular formula is C12H11BrClNOS2. The van der Waals surface area contributed by atoms with Crippen LogP contribution in [-0.2, 0) is 6.54 Å². The molecule has 96 valence electrons. The summed E-state index contributed by atoms with van der Waals surface area (Å²) in [5.41, 5.74) is 2.07. The van der Waals surface area contributed by atoms with Crippen molar-refractivity contribution in [3.05, 3.63) is 41.6 Å². The van der Waals surface area contributed by atoms with Crippen molar-refractivity contribution in [3.63, 3.8) is 0 Å². The minimum Gasteiger partial charge on any atom is -0.337 e. The predicted molar refractivity (Wildman–Crippen MR) is 81.9 cm³/mol. The van der Waals surface area contributed by atoms with Gasteiger partial charge in [0.05, 0.1) is 8.81 Å². The van der Waals surface area contributed by atoms with E-state index in [-0.39, 0.29) is 5.91 Å². The molecule has 0 unspecified atom stereocenters. The topological polar surface area (TPSA) is 20.3 Å². The fourth-order valence-corrected chi connectivity index (χ4v) is 3.99. The first kappa shape index (κ1) is 14.1. The van der Waals surface area contributed by atoms with Gasteiger partial charge in [-0.25, -0.2) is 0 Å². The van der Waals surface area contributed by atoms with Crippen LogP contribution >= 0.6 is 50.2 Å². The molecule has 0 N–H and O–H groups in total. The van der Waals surface area contributed by atoms with E-state index in [9.17, 15) is 4.79 Å².